The molecule has 0 bridgehead atoms. The Kier molecular flexibility index (Phi) is 8.52. The molecule has 1 N–H and O–H groups in total. The van der Waals surface area contributed by atoms with Crippen molar-refractivity contribution in [3.8, 4) is 0 Å². The second-order valence-corrected chi connectivity index (χ2v) is 7.69. The fourth-order valence-electron chi connectivity index (χ4n) is 2.11. The summed E-state index contributed by atoms with van der Waals surface area (Å²) in [6, 6.07) is 0. The van der Waals surface area contributed by atoms with Crippen molar-refractivity contribution in [1.29, 1.82) is 0 Å². The van der Waals surface area contributed by atoms with Gasteiger partial charge in [-0.1, -0.05) is 0 Å². The maximum Gasteiger partial charge on any atom is 0.508 e. The summed E-state index contributed by atoms with van der Waals surface area (Å²) in [4.78, 5) is 38.3. The van der Waals surface area contributed by atoms with Crippen LogP contribution in [0.5, 0.6) is 0 Å². The number of amidine groups is 1. The molecular weight excluding hydrogens is 356 g/mol. The van der Waals surface area contributed by atoms with Gasteiger partial charge < -0.3 is 24.3 Å². The van der Waals surface area contributed by atoms with Crippen molar-refractivity contribution in [2.75, 3.05) is 26.4 Å². The summed E-state index contributed by atoms with van der Waals surface area (Å²) < 4.78 is 19.8. The van der Waals surface area contributed by atoms with Gasteiger partial charge in [-0.25, -0.2) is 9.59 Å². The van der Waals surface area contributed by atoms with E-state index in [0.717, 1.165) is 12.8 Å². The van der Waals surface area contributed by atoms with Crippen molar-refractivity contribution in [2.24, 2.45) is 10.4 Å². The molecule has 0 radical (unpaired) electrons. The Morgan fingerprint density at radius 3 is 2.41 bits per heavy atom. The van der Waals surface area contributed by atoms with Crippen molar-refractivity contribution in [1.82, 2.24) is 5.32 Å². The van der Waals surface area contributed by atoms with E-state index < -0.39 is 29.2 Å². The summed E-state index contributed by atoms with van der Waals surface area (Å²) in [6.07, 6.45) is 0.981. The van der Waals surface area contributed by atoms with Gasteiger partial charge in [0.2, 0.25) is 0 Å². The molecule has 27 heavy (non-hydrogen) atoms. The van der Waals surface area contributed by atoms with Crippen LogP contribution in [0.15, 0.2) is 4.99 Å². The average molecular weight is 386 g/mol. The van der Waals surface area contributed by atoms with Crippen LogP contribution in [0.4, 0.5) is 9.59 Å². The normalized spacial score (nSPS) is 16.8. The third kappa shape index (κ3) is 9.25. The Morgan fingerprint density at radius 2 is 1.81 bits per heavy atom. The van der Waals surface area contributed by atoms with Gasteiger partial charge in [0.25, 0.3) is 0 Å². The zero-order valence-electron chi connectivity index (χ0n) is 16.8. The van der Waals surface area contributed by atoms with Gasteiger partial charge in [0, 0.05) is 6.54 Å². The summed E-state index contributed by atoms with van der Waals surface area (Å²) in [7, 11) is 0. The zero-order chi connectivity index (χ0) is 20.5. The van der Waals surface area contributed by atoms with Crippen LogP contribution in [0.2, 0.25) is 0 Å². The number of carbonyl (C=O) groups excluding carboxylic acids is 3. The van der Waals surface area contributed by atoms with Crippen molar-refractivity contribution in [3.63, 3.8) is 0 Å². The highest BCUT2D eigenvalue weighted by molar-refractivity contribution is 5.90. The van der Waals surface area contributed by atoms with E-state index in [0.29, 0.717) is 18.8 Å². The fraction of sp³-hybridized carbons (Fsp3) is 0.778. The Hall–Kier alpha value is -2.32. The van der Waals surface area contributed by atoms with Crippen LogP contribution >= 0.6 is 0 Å². The van der Waals surface area contributed by atoms with Crippen LogP contribution in [-0.4, -0.2) is 56.0 Å². The molecule has 1 rings (SSSR count). The Labute approximate surface area is 159 Å². The monoisotopic (exact) mass is 386 g/mol. The summed E-state index contributed by atoms with van der Waals surface area (Å²) in [6.45, 7) is 9.54. The van der Waals surface area contributed by atoms with E-state index in [-0.39, 0.29) is 19.8 Å². The quantitative estimate of drug-likeness (QED) is 0.234. The van der Waals surface area contributed by atoms with Crippen molar-refractivity contribution in [2.45, 2.75) is 59.5 Å². The summed E-state index contributed by atoms with van der Waals surface area (Å²) in [5.41, 5.74) is -1.52. The molecule has 1 aliphatic rings. The van der Waals surface area contributed by atoms with Gasteiger partial charge in [0.1, 0.15) is 30.1 Å². The predicted octanol–water partition coefficient (Wildman–Crippen LogP) is 2.82. The molecule has 0 aromatic carbocycles. The molecule has 0 spiro atoms. The number of nitrogens with one attached hydrogen (secondary N) is 1. The fourth-order valence-corrected chi connectivity index (χ4v) is 2.11. The second kappa shape index (κ2) is 10.1. The molecule has 9 heteroatoms. The lowest BCUT2D eigenvalue weighted by atomic mass is 9.93. The molecule has 9 nitrogen and oxygen atoms in total. The number of rotatable bonds is 7. The molecule has 1 aliphatic heterocycles. The van der Waals surface area contributed by atoms with Crippen LogP contribution in [-0.2, 0) is 23.7 Å². The highest BCUT2D eigenvalue weighted by Gasteiger charge is 2.41. The average Bonchev–Trinajstić information content (AvgIpc) is 2.54. The third-order valence-corrected chi connectivity index (χ3v) is 3.60. The second-order valence-electron chi connectivity index (χ2n) is 7.69. The minimum absolute atomic E-state index is 0.0369. The summed E-state index contributed by atoms with van der Waals surface area (Å²) in [5.74, 6) is 0.0592. The van der Waals surface area contributed by atoms with Gasteiger partial charge in [-0.05, 0) is 53.9 Å². The van der Waals surface area contributed by atoms with E-state index in [1.54, 1.807) is 34.6 Å². The van der Waals surface area contributed by atoms with Gasteiger partial charge in [-0.3, -0.25) is 4.79 Å². The molecule has 0 atom stereocenters. The van der Waals surface area contributed by atoms with Gasteiger partial charge >= 0.3 is 18.2 Å². The third-order valence-electron chi connectivity index (χ3n) is 3.60. The number of carbonyl (C=O) groups is 3. The van der Waals surface area contributed by atoms with Gasteiger partial charge in [-0.2, -0.15) is 4.99 Å². The predicted molar refractivity (Wildman–Crippen MR) is 97.6 cm³/mol. The van der Waals surface area contributed by atoms with Gasteiger partial charge in [0.05, 0.1) is 6.61 Å². The molecule has 1 amide bonds. The standard InChI is InChI=1S/C18H30N2O7/c1-13(20-15(22)27-17(2,3)4)19-9-7-6-8-10-24-14(21)18(5)11-25-16(23)26-12-18/h6-12H2,1-5H3,(H,19,20,22). The largest absolute Gasteiger partial charge is 0.508 e. The number of esters is 1. The van der Waals surface area contributed by atoms with Crippen LogP contribution in [0, 0.1) is 5.41 Å². The smallest absolute Gasteiger partial charge is 0.465 e. The highest BCUT2D eigenvalue weighted by atomic mass is 16.7. The van der Waals surface area contributed by atoms with E-state index in [9.17, 15) is 14.4 Å². The molecule has 0 aromatic heterocycles. The highest BCUT2D eigenvalue weighted by Crippen LogP contribution is 2.24. The lowest BCUT2D eigenvalue weighted by molar-refractivity contribution is -0.166. The lowest BCUT2D eigenvalue weighted by Crippen LogP contribution is -2.44. The minimum Gasteiger partial charge on any atom is -0.465 e. The van der Waals surface area contributed by atoms with E-state index >= 15 is 0 Å². The number of amides is 1. The van der Waals surface area contributed by atoms with Crippen LogP contribution in [0.25, 0.3) is 0 Å². The van der Waals surface area contributed by atoms with Crippen molar-refractivity contribution >= 4 is 24.1 Å². The first kappa shape index (κ1) is 22.7. The first-order valence-corrected chi connectivity index (χ1v) is 9.01. The Balaban J connectivity index is 2.12. The SMILES string of the molecule is C/C(=N\C(=O)OC(C)(C)C)NCCCCCOC(=O)C1(C)COC(=O)OC1. The molecule has 0 aromatic rings. The lowest BCUT2D eigenvalue weighted by Gasteiger charge is -2.29. The molecular formula is C18H30N2O7. The van der Waals surface area contributed by atoms with Gasteiger partial charge in [-0.15, -0.1) is 0 Å². The van der Waals surface area contributed by atoms with Gasteiger partial charge in [0.15, 0.2) is 0 Å². The van der Waals surface area contributed by atoms with E-state index in [1.807, 2.05) is 0 Å². The number of nitrogens with zero attached hydrogens (tertiary/aromatic N) is 1. The van der Waals surface area contributed by atoms with E-state index in [4.69, 9.17) is 18.9 Å². The summed E-state index contributed by atoms with van der Waals surface area (Å²) in [5, 5.41) is 3.04. The summed E-state index contributed by atoms with van der Waals surface area (Å²) >= 11 is 0. The zero-order valence-corrected chi connectivity index (χ0v) is 16.8. The number of aliphatic imine (C=N–C) groups is 1. The Morgan fingerprint density at radius 1 is 1.19 bits per heavy atom. The number of unbranched alkanes of at least 4 members (excludes halogenated alkanes) is 2. The van der Waals surface area contributed by atoms with E-state index in [2.05, 4.69) is 10.3 Å². The van der Waals surface area contributed by atoms with Crippen LogP contribution < -0.4 is 5.32 Å². The van der Waals surface area contributed by atoms with Crippen molar-refractivity contribution in [3.05, 3.63) is 0 Å². The topological polar surface area (TPSA) is 113 Å². The molecule has 0 unspecified atom stereocenters. The Bertz CT molecular complexity index is 557. The molecule has 1 fully saturated rings. The molecule has 0 saturated carbocycles. The maximum atomic E-state index is 12.0. The molecule has 154 valence electrons. The molecule has 1 heterocycles. The number of hydrogen-bond donors (Lipinski definition) is 1. The number of cyclic esters (lactones) is 2. The number of ether oxygens (including phenoxy) is 4. The minimum atomic E-state index is -0.954. The van der Waals surface area contributed by atoms with Crippen molar-refractivity contribution < 1.29 is 33.3 Å². The molecule has 0 aliphatic carbocycles. The van der Waals surface area contributed by atoms with Crippen LogP contribution in [0.1, 0.15) is 53.9 Å². The maximum absolute atomic E-state index is 12.0. The van der Waals surface area contributed by atoms with E-state index in [1.165, 1.54) is 0 Å². The first-order chi connectivity index (χ1) is 12.5. The molecule has 1 saturated heterocycles. The first-order valence-electron chi connectivity index (χ1n) is 9.01. The van der Waals surface area contributed by atoms with Crippen LogP contribution in [0.3, 0.4) is 0 Å². The number of hydrogen-bond acceptors (Lipinski definition) is 7.